The van der Waals surface area contributed by atoms with E-state index in [9.17, 15) is 4.79 Å². The highest BCUT2D eigenvalue weighted by Crippen LogP contribution is 2.26. The van der Waals surface area contributed by atoms with E-state index in [2.05, 4.69) is 9.97 Å². The van der Waals surface area contributed by atoms with Crippen LogP contribution in [0.5, 0.6) is 0 Å². The number of anilines is 2. The first kappa shape index (κ1) is 10.0. The van der Waals surface area contributed by atoms with E-state index >= 15 is 0 Å². The molecule has 0 atom stereocenters. The molecule has 5 nitrogen and oxygen atoms in total. The molecule has 17 heavy (non-hydrogen) atoms. The third-order valence-electron chi connectivity index (χ3n) is 3.03. The monoisotopic (exact) mass is 228 g/mol. The Morgan fingerprint density at radius 2 is 2.18 bits per heavy atom. The molecule has 0 saturated carbocycles. The van der Waals surface area contributed by atoms with E-state index in [4.69, 9.17) is 5.73 Å². The minimum absolute atomic E-state index is 0.166. The molecule has 86 valence electrons. The topological polar surface area (TPSA) is 72.1 Å². The number of carbonyl (C=O) groups is 1. The number of aromatic nitrogens is 2. The van der Waals surface area contributed by atoms with Crippen molar-refractivity contribution in [1.29, 1.82) is 0 Å². The van der Waals surface area contributed by atoms with Crippen LogP contribution in [0.1, 0.15) is 12.8 Å². The summed E-state index contributed by atoms with van der Waals surface area (Å²) in [7, 11) is 0. The summed E-state index contributed by atoms with van der Waals surface area (Å²) in [5.74, 6) is 0.614. The molecule has 0 spiro atoms. The molecule has 1 fully saturated rings. The lowest BCUT2D eigenvalue weighted by Gasteiger charge is -2.16. The molecular formula is C12H12N4O. The normalized spacial score (nSPS) is 15.8. The van der Waals surface area contributed by atoms with Gasteiger partial charge in [0.15, 0.2) is 0 Å². The molecular weight excluding hydrogens is 216 g/mol. The molecule has 2 heterocycles. The second-order valence-electron chi connectivity index (χ2n) is 4.11. The van der Waals surface area contributed by atoms with Gasteiger partial charge in [0.25, 0.3) is 0 Å². The number of fused-ring (bicyclic) bond motifs is 1. The Bertz CT molecular complexity index is 596. The number of hydrogen-bond acceptors (Lipinski definition) is 4. The maximum absolute atomic E-state index is 11.7. The lowest BCUT2D eigenvalue weighted by atomic mass is 10.2. The molecule has 1 aliphatic heterocycles. The zero-order valence-electron chi connectivity index (χ0n) is 9.26. The quantitative estimate of drug-likeness (QED) is 0.799. The summed E-state index contributed by atoms with van der Waals surface area (Å²) in [6.45, 7) is 0.776. The fourth-order valence-electron chi connectivity index (χ4n) is 2.15. The van der Waals surface area contributed by atoms with Gasteiger partial charge in [0, 0.05) is 24.0 Å². The summed E-state index contributed by atoms with van der Waals surface area (Å²) in [5, 5.41) is 0.796. The second kappa shape index (κ2) is 3.69. The molecule has 0 aliphatic carbocycles. The molecule has 0 radical (unpaired) electrons. The minimum Gasteiger partial charge on any atom is -0.383 e. The van der Waals surface area contributed by atoms with Gasteiger partial charge in [-0.3, -0.25) is 4.79 Å². The van der Waals surface area contributed by atoms with Gasteiger partial charge in [-0.1, -0.05) is 0 Å². The van der Waals surface area contributed by atoms with Gasteiger partial charge in [0.1, 0.15) is 12.1 Å². The fraction of sp³-hybridized carbons (Fsp3) is 0.250. The maximum Gasteiger partial charge on any atom is 0.227 e. The Labute approximate surface area is 98.3 Å². The lowest BCUT2D eigenvalue weighted by Crippen LogP contribution is -2.23. The van der Waals surface area contributed by atoms with Crippen molar-refractivity contribution in [2.75, 3.05) is 17.2 Å². The predicted octanol–water partition coefficient (Wildman–Crippen LogP) is 1.34. The van der Waals surface area contributed by atoms with Crippen molar-refractivity contribution in [3.8, 4) is 0 Å². The number of benzene rings is 1. The van der Waals surface area contributed by atoms with Gasteiger partial charge in [0.2, 0.25) is 5.91 Å². The maximum atomic E-state index is 11.7. The van der Waals surface area contributed by atoms with E-state index in [-0.39, 0.29) is 5.91 Å². The Hall–Kier alpha value is -2.17. The standard InChI is InChI=1S/C12H12N4O/c13-12-9-6-8(16-5-1-2-11(16)17)3-4-10(9)14-7-15-12/h3-4,6-7H,1-2,5H2,(H2,13,14,15). The minimum atomic E-state index is 0.166. The highest BCUT2D eigenvalue weighted by atomic mass is 16.2. The van der Waals surface area contributed by atoms with Gasteiger partial charge < -0.3 is 10.6 Å². The lowest BCUT2D eigenvalue weighted by molar-refractivity contribution is -0.117. The first-order chi connectivity index (χ1) is 8.25. The number of nitrogen functional groups attached to an aromatic ring is 1. The van der Waals surface area contributed by atoms with E-state index in [1.165, 1.54) is 6.33 Å². The van der Waals surface area contributed by atoms with Crippen LogP contribution in [-0.2, 0) is 4.79 Å². The third kappa shape index (κ3) is 1.60. The van der Waals surface area contributed by atoms with Crippen LogP contribution >= 0.6 is 0 Å². The smallest absolute Gasteiger partial charge is 0.227 e. The number of nitrogens with zero attached hydrogens (tertiary/aromatic N) is 3. The zero-order chi connectivity index (χ0) is 11.8. The molecule has 0 unspecified atom stereocenters. The molecule has 3 rings (SSSR count). The van der Waals surface area contributed by atoms with Crippen LogP contribution in [0, 0.1) is 0 Å². The molecule has 1 amide bonds. The Balaban J connectivity index is 2.13. The number of rotatable bonds is 1. The molecule has 2 N–H and O–H groups in total. The van der Waals surface area contributed by atoms with Crippen molar-refractivity contribution in [3.63, 3.8) is 0 Å². The molecule has 5 heteroatoms. The highest BCUT2D eigenvalue weighted by Gasteiger charge is 2.21. The third-order valence-corrected chi connectivity index (χ3v) is 3.03. The van der Waals surface area contributed by atoms with Crippen molar-refractivity contribution in [2.45, 2.75) is 12.8 Å². The van der Waals surface area contributed by atoms with Gasteiger partial charge in [-0.2, -0.15) is 0 Å². The van der Waals surface area contributed by atoms with E-state index in [0.717, 1.165) is 29.6 Å². The van der Waals surface area contributed by atoms with Crippen molar-refractivity contribution in [1.82, 2.24) is 9.97 Å². The number of hydrogen-bond donors (Lipinski definition) is 1. The number of nitrogens with two attached hydrogens (primary N) is 1. The molecule has 0 bridgehead atoms. The Morgan fingerprint density at radius 1 is 1.29 bits per heavy atom. The van der Waals surface area contributed by atoms with Crippen LogP contribution in [0.15, 0.2) is 24.5 Å². The second-order valence-corrected chi connectivity index (χ2v) is 4.11. The average Bonchev–Trinajstić information content (AvgIpc) is 2.76. The molecule has 1 aromatic carbocycles. The van der Waals surface area contributed by atoms with E-state index < -0.39 is 0 Å². The zero-order valence-corrected chi connectivity index (χ0v) is 9.26. The first-order valence-corrected chi connectivity index (χ1v) is 5.56. The predicted molar refractivity (Wildman–Crippen MR) is 65.5 cm³/mol. The van der Waals surface area contributed by atoms with Gasteiger partial charge in [-0.05, 0) is 24.6 Å². The molecule has 1 aliphatic rings. The SMILES string of the molecule is Nc1ncnc2ccc(N3CCCC3=O)cc12. The molecule has 1 aromatic heterocycles. The van der Waals surface area contributed by atoms with Crippen LogP contribution in [-0.4, -0.2) is 22.4 Å². The van der Waals surface area contributed by atoms with Crippen molar-refractivity contribution in [3.05, 3.63) is 24.5 Å². The summed E-state index contributed by atoms with van der Waals surface area (Å²) in [4.78, 5) is 21.5. The summed E-state index contributed by atoms with van der Waals surface area (Å²) in [5.41, 5.74) is 7.48. The first-order valence-electron chi connectivity index (χ1n) is 5.56. The van der Waals surface area contributed by atoms with Crippen molar-refractivity contribution in [2.24, 2.45) is 0 Å². The fourth-order valence-corrected chi connectivity index (χ4v) is 2.15. The van der Waals surface area contributed by atoms with Gasteiger partial charge in [-0.15, -0.1) is 0 Å². The van der Waals surface area contributed by atoms with Crippen LogP contribution in [0.25, 0.3) is 10.9 Å². The van der Waals surface area contributed by atoms with Crippen molar-refractivity contribution < 1.29 is 4.79 Å². The number of amides is 1. The van der Waals surface area contributed by atoms with Gasteiger partial charge in [0.05, 0.1) is 5.52 Å². The van der Waals surface area contributed by atoms with E-state index in [0.29, 0.717) is 12.2 Å². The molecule has 2 aromatic rings. The summed E-state index contributed by atoms with van der Waals surface area (Å²) in [6, 6.07) is 5.65. The Morgan fingerprint density at radius 3 is 2.94 bits per heavy atom. The highest BCUT2D eigenvalue weighted by molar-refractivity contribution is 5.99. The van der Waals surface area contributed by atoms with Crippen LogP contribution in [0.2, 0.25) is 0 Å². The number of carbonyl (C=O) groups excluding carboxylic acids is 1. The van der Waals surface area contributed by atoms with Gasteiger partial charge in [-0.25, -0.2) is 9.97 Å². The van der Waals surface area contributed by atoms with Crippen LogP contribution in [0.4, 0.5) is 11.5 Å². The largest absolute Gasteiger partial charge is 0.383 e. The van der Waals surface area contributed by atoms with E-state index in [1.807, 2.05) is 18.2 Å². The Kier molecular flexibility index (Phi) is 2.18. The van der Waals surface area contributed by atoms with E-state index in [1.54, 1.807) is 4.90 Å². The van der Waals surface area contributed by atoms with Crippen LogP contribution in [0.3, 0.4) is 0 Å². The van der Waals surface area contributed by atoms with Crippen molar-refractivity contribution >= 4 is 28.3 Å². The summed E-state index contributed by atoms with van der Waals surface area (Å²) < 4.78 is 0. The summed E-state index contributed by atoms with van der Waals surface area (Å²) in [6.07, 6.45) is 2.98. The molecule has 1 saturated heterocycles. The summed E-state index contributed by atoms with van der Waals surface area (Å²) >= 11 is 0. The average molecular weight is 228 g/mol. The van der Waals surface area contributed by atoms with Crippen LogP contribution < -0.4 is 10.6 Å². The van der Waals surface area contributed by atoms with Gasteiger partial charge >= 0.3 is 0 Å².